The summed E-state index contributed by atoms with van der Waals surface area (Å²) in [7, 11) is 0. The fraction of sp³-hybridized carbons (Fsp3) is 0. The summed E-state index contributed by atoms with van der Waals surface area (Å²) in [6, 6.07) is 0. The van der Waals surface area contributed by atoms with Crippen LogP contribution in [-0.2, 0) is 57.9 Å². The van der Waals surface area contributed by atoms with E-state index in [1.807, 2.05) is 0 Å². The van der Waals surface area contributed by atoms with E-state index in [4.69, 9.17) is 0 Å². The minimum Gasteiger partial charge on any atom is -2.00 e. The zero-order valence-corrected chi connectivity index (χ0v) is 6.43. The van der Waals surface area contributed by atoms with Gasteiger partial charge in [-0.25, -0.2) is 0 Å². The summed E-state index contributed by atoms with van der Waals surface area (Å²) >= 11 is 0. The van der Waals surface area contributed by atoms with Crippen molar-refractivity contribution in [1.82, 2.24) is 0 Å². The predicted octanol–water partition coefficient (Wildman–Crippen LogP) is -0.562. The Balaban J connectivity index is 0. The van der Waals surface area contributed by atoms with Gasteiger partial charge in [-0.3, -0.25) is 0 Å². The van der Waals surface area contributed by atoms with Gasteiger partial charge in [0.2, 0.25) is 0 Å². The maximum atomic E-state index is 0. The predicted molar refractivity (Wildman–Crippen MR) is 21.9 cm³/mol. The fourth-order valence-electron chi connectivity index (χ4n) is 0. The molecule has 0 heterocycles. The van der Waals surface area contributed by atoms with E-state index < -0.39 is 0 Å². The van der Waals surface area contributed by atoms with E-state index in [9.17, 15) is 0 Å². The van der Waals surface area contributed by atoms with Crippen molar-refractivity contribution in [3.8, 4) is 0 Å². The molecule has 0 N–H and O–H groups in total. The number of hydrogen-bond acceptors (Lipinski definition) is 0. The molecular formula is H2CoCsFeKOPV. The van der Waals surface area contributed by atoms with E-state index in [1.165, 1.54) is 0 Å². The fourth-order valence-corrected chi connectivity index (χ4v) is 0. The van der Waals surface area contributed by atoms with Gasteiger partial charge < -0.3 is 5.48 Å². The van der Waals surface area contributed by atoms with E-state index in [1.54, 1.807) is 0 Å². The molecule has 0 unspecified atom stereocenters. The third kappa shape index (κ3) is 33.9. The van der Waals surface area contributed by atoms with Gasteiger partial charge in [0.25, 0.3) is 0 Å². The molecule has 7 heteroatoms. The molecule has 5 radical (unpaired) electrons. The SMILES string of the molecule is [Co+2].[CsH].[Fe].[KH].[O-2].[P].[V]. The second-order valence-corrected chi connectivity index (χ2v) is 0. The van der Waals surface area contributed by atoms with E-state index in [0.29, 0.717) is 0 Å². The van der Waals surface area contributed by atoms with E-state index in [2.05, 4.69) is 0 Å². The number of hydrogen-bond donors (Lipinski definition) is 0. The molecule has 0 fully saturated rings. The standard InChI is InChI=1S/Co.Cs.Fe.K.O.P.V.2H/q+2;;;;-2;;;;. The third-order valence-corrected chi connectivity index (χ3v) is 0. The second-order valence-electron chi connectivity index (χ2n) is 0. The molecule has 7 heavy (non-hydrogen) atoms. The average molecular weight is 387 g/mol. The van der Waals surface area contributed by atoms with Crippen molar-refractivity contribution in [2.24, 2.45) is 0 Å². The van der Waals surface area contributed by atoms with Crippen LogP contribution >= 0.6 is 9.90 Å². The van der Waals surface area contributed by atoms with Crippen molar-refractivity contribution in [2.75, 3.05) is 0 Å². The van der Waals surface area contributed by atoms with Gasteiger partial charge in [0.15, 0.2) is 0 Å². The average Bonchev–Trinajstić information content (AvgIpc) is 0. The molecule has 0 aromatic carbocycles. The molecule has 0 atom stereocenters. The summed E-state index contributed by atoms with van der Waals surface area (Å²) in [4.78, 5) is 0. The Morgan fingerprint density at radius 3 is 1.00 bits per heavy atom. The van der Waals surface area contributed by atoms with Gasteiger partial charge in [0.1, 0.15) is 0 Å². The Labute approximate surface area is 182 Å². The van der Waals surface area contributed by atoms with Crippen LogP contribution in [0.2, 0.25) is 0 Å². The molecule has 0 bridgehead atoms. The molecular weight excluding hydrogens is 385 g/mol. The van der Waals surface area contributed by atoms with Gasteiger partial charge in [0.05, 0.1) is 0 Å². The molecule has 0 aromatic heterocycles. The smallest absolute Gasteiger partial charge is 0 e. The molecule has 0 aromatic rings. The van der Waals surface area contributed by atoms with Crippen LogP contribution in [0, 0.1) is 0 Å². The second kappa shape index (κ2) is 41.3. The van der Waals surface area contributed by atoms with Crippen molar-refractivity contribution in [3.05, 3.63) is 0 Å². The topological polar surface area (TPSA) is 28.5 Å². The summed E-state index contributed by atoms with van der Waals surface area (Å²) in [6.07, 6.45) is 0. The summed E-state index contributed by atoms with van der Waals surface area (Å²) in [6.45, 7) is 0. The molecule has 1 nitrogen and oxygen atoms in total. The van der Waals surface area contributed by atoms with Crippen LogP contribution in [0.1, 0.15) is 0 Å². The van der Waals surface area contributed by atoms with Crippen LogP contribution in [0.4, 0.5) is 0 Å². The Morgan fingerprint density at radius 2 is 1.00 bits per heavy atom. The maximum Gasteiger partial charge on any atom is 0 e. The van der Waals surface area contributed by atoms with Crippen LogP contribution in [0.15, 0.2) is 0 Å². The minimum absolute atomic E-state index is 0. The van der Waals surface area contributed by atoms with Crippen LogP contribution < -0.4 is 0 Å². The molecule has 0 amide bonds. The van der Waals surface area contributed by atoms with E-state index in [-0.39, 0.29) is 188 Å². The zero-order chi connectivity index (χ0) is 0. The molecule has 0 rings (SSSR count). The number of rotatable bonds is 0. The minimum atomic E-state index is 0. The summed E-state index contributed by atoms with van der Waals surface area (Å²) in [5.74, 6) is 0. The van der Waals surface area contributed by atoms with Crippen LogP contribution in [0.5, 0.6) is 0 Å². The molecule has 0 aliphatic rings. The molecule has 0 aliphatic heterocycles. The van der Waals surface area contributed by atoms with Crippen molar-refractivity contribution >= 4 is 130 Å². The Hall–Kier alpha value is 5.69. The molecule has 0 aliphatic carbocycles. The normalized spacial score (nSPS) is 0. The monoisotopic (exact) mass is 387 g/mol. The van der Waals surface area contributed by atoms with Crippen molar-refractivity contribution < 1.29 is 57.9 Å². The van der Waals surface area contributed by atoms with Crippen molar-refractivity contribution in [1.29, 1.82) is 0 Å². The third-order valence-electron chi connectivity index (χ3n) is 0. The first-order valence-electron chi connectivity index (χ1n) is 0. The van der Waals surface area contributed by atoms with Crippen molar-refractivity contribution in [3.63, 3.8) is 0 Å². The Bertz CT molecular complexity index is 19.7. The molecule has 0 saturated heterocycles. The first-order chi connectivity index (χ1) is 0. The molecule has 0 saturated carbocycles. The summed E-state index contributed by atoms with van der Waals surface area (Å²) < 4.78 is 0. The van der Waals surface area contributed by atoms with E-state index >= 15 is 0 Å². The first-order valence-corrected chi connectivity index (χ1v) is 0. The molecule has 0 spiro atoms. The van der Waals surface area contributed by atoms with Crippen LogP contribution in [0.25, 0.3) is 0 Å². The van der Waals surface area contributed by atoms with Crippen LogP contribution in [0.3, 0.4) is 0 Å². The van der Waals surface area contributed by atoms with Gasteiger partial charge in [-0.15, -0.1) is 0 Å². The largest absolute Gasteiger partial charge is 2.00 e. The maximum absolute atomic E-state index is 0. The van der Waals surface area contributed by atoms with Gasteiger partial charge >= 0.3 is 137 Å². The van der Waals surface area contributed by atoms with Gasteiger partial charge in [-0.1, -0.05) is 0 Å². The van der Waals surface area contributed by atoms with Gasteiger partial charge in [-0.2, -0.15) is 0 Å². The van der Waals surface area contributed by atoms with Gasteiger partial charge in [0, 0.05) is 45.5 Å². The molecule has 37 valence electrons. The Kier molecular flexibility index (Phi) is 316. The Morgan fingerprint density at radius 1 is 1.00 bits per heavy atom. The quantitative estimate of drug-likeness (QED) is 0.394. The van der Waals surface area contributed by atoms with Crippen molar-refractivity contribution in [2.45, 2.75) is 0 Å². The summed E-state index contributed by atoms with van der Waals surface area (Å²) in [5.41, 5.74) is 0. The van der Waals surface area contributed by atoms with Crippen LogP contribution in [-0.4, -0.2) is 120 Å². The van der Waals surface area contributed by atoms with Gasteiger partial charge in [-0.05, 0) is 0 Å². The zero-order valence-electron chi connectivity index (χ0n) is 1.99. The van der Waals surface area contributed by atoms with E-state index in [0.717, 1.165) is 0 Å². The first kappa shape index (κ1) is 53.6. The summed E-state index contributed by atoms with van der Waals surface area (Å²) in [5, 5.41) is 0.